The first-order chi connectivity index (χ1) is 6.20. The van der Waals surface area contributed by atoms with Crippen molar-refractivity contribution < 1.29 is 18.6 Å². The molecule has 0 saturated carbocycles. The number of aliphatic hydroxyl groups is 1. The second kappa shape index (κ2) is 8.34. The number of ether oxygens (including phenoxy) is 1. The summed E-state index contributed by atoms with van der Waals surface area (Å²) in [4.78, 5) is 0. The smallest absolute Gasteiger partial charge is 0.261 e. The Kier molecular flexibility index (Phi) is 8.18. The number of alkyl halides is 2. The van der Waals surface area contributed by atoms with Crippen molar-refractivity contribution in [1.82, 2.24) is 5.32 Å². The second-order valence-corrected chi connectivity index (χ2v) is 2.69. The average molecular weight is 197 g/mol. The van der Waals surface area contributed by atoms with Crippen molar-refractivity contribution in [2.75, 3.05) is 26.4 Å². The van der Waals surface area contributed by atoms with Gasteiger partial charge in [-0.1, -0.05) is 6.92 Å². The van der Waals surface area contributed by atoms with E-state index in [1.165, 1.54) is 0 Å². The maximum atomic E-state index is 11.6. The van der Waals surface area contributed by atoms with Gasteiger partial charge in [0.25, 0.3) is 6.43 Å². The fourth-order valence-electron chi connectivity index (χ4n) is 0.945. The Morgan fingerprint density at radius 1 is 1.46 bits per heavy atom. The molecule has 13 heavy (non-hydrogen) atoms. The van der Waals surface area contributed by atoms with Gasteiger partial charge >= 0.3 is 0 Å². The van der Waals surface area contributed by atoms with Gasteiger partial charge < -0.3 is 15.2 Å². The molecule has 0 bridgehead atoms. The van der Waals surface area contributed by atoms with E-state index in [0.29, 0.717) is 6.42 Å². The lowest BCUT2D eigenvalue weighted by atomic mass is 10.2. The van der Waals surface area contributed by atoms with E-state index in [2.05, 4.69) is 10.1 Å². The van der Waals surface area contributed by atoms with Gasteiger partial charge in [-0.25, -0.2) is 8.78 Å². The van der Waals surface area contributed by atoms with Crippen LogP contribution in [-0.2, 0) is 4.74 Å². The van der Waals surface area contributed by atoms with Crippen LogP contribution in [0.1, 0.15) is 13.3 Å². The molecular formula is C8H17F2NO2. The van der Waals surface area contributed by atoms with E-state index in [1.54, 1.807) is 0 Å². The van der Waals surface area contributed by atoms with Crippen LogP contribution in [0.25, 0.3) is 0 Å². The molecule has 80 valence electrons. The van der Waals surface area contributed by atoms with E-state index in [1.807, 2.05) is 6.92 Å². The third kappa shape index (κ3) is 8.08. The maximum Gasteiger partial charge on any atom is 0.261 e. The predicted octanol–water partition coefficient (Wildman–Crippen LogP) is 0.629. The molecule has 0 aliphatic rings. The molecule has 0 saturated heterocycles. The van der Waals surface area contributed by atoms with Gasteiger partial charge in [-0.2, -0.15) is 0 Å². The SMILES string of the molecule is CCNC(CO)CCOCC(F)F. The standard InChI is InChI=1S/C8H17F2NO2/c1-2-11-7(5-12)3-4-13-6-8(9)10/h7-8,11-12H,2-6H2,1H3. The molecule has 0 fully saturated rings. The van der Waals surface area contributed by atoms with E-state index < -0.39 is 13.0 Å². The molecule has 1 atom stereocenters. The second-order valence-electron chi connectivity index (χ2n) is 2.69. The molecule has 0 rings (SSSR count). The lowest BCUT2D eigenvalue weighted by molar-refractivity contribution is 0.0129. The molecule has 3 nitrogen and oxygen atoms in total. The van der Waals surface area contributed by atoms with E-state index in [4.69, 9.17) is 5.11 Å². The first kappa shape index (κ1) is 12.7. The minimum absolute atomic E-state index is 0.00583. The molecule has 2 N–H and O–H groups in total. The molecule has 0 aromatic heterocycles. The van der Waals surface area contributed by atoms with Gasteiger partial charge in [0, 0.05) is 12.6 Å². The Hall–Kier alpha value is -0.260. The summed E-state index contributed by atoms with van der Waals surface area (Å²) >= 11 is 0. The van der Waals surface area contributed by atoms with Gasteiger partial charge in [-0.15, -0.1) is 0 Å². The van der Waals surface area contributed by atoms with Gasteiger partial charge in [0.1, 0.15) is 6.61 Å². The van der Waals surface area contributed by atoms with Crippen molar-refractivity contribution in [3.05, 3.63) is 0 Å². The molecule has 0 aliphatic carbocycles. The maximum absolute atomic E-state index is 11.6. The lowest BCUT2D eigenvalue weighted by Crippen LogP contribution is -2.33. The molecule has 0 aromatic rings. The van der Waals surface area contributed by atoms with Crippen LogP contribution in [0.2, 0.25) is 0 Å². The van der Waals surface area contributed by atoms with E-state index in [0.717, 1.165) is 6.54 Å². The topological polar surface area (TPSA) is 41.5 Å². The summed E-state index contributed by atoms with van der Waals surface area (Å²) in [5.41, 5.74) is 0. The van der Waals surface area contributed by atoms with Gasteiger partial charge in [0.05, 0.1) is 6.61 Å². The Morgan fingerprint density at radius 3 is 2.62 bits per heavy atom. The van der Waals surface area contributed by atoms with Crippen LogP contribution in [0.15, 0.2) is 0 Å². The summed E-state index contributed by atoms with van der Waals surface area (Å²) in [5.74, 6) is 0. The number of likely N-dealkylation sites (N-methyl/N-ethyl adjacent to an activating group) is 1. The number of nitrogens with one attached hydrogen (secondary N) is 1. The van der Waals surface area contributed by atoms with Gasteiger partial charge in [-0.3, -0.25) is 0 Å². The van der Waals surface area contributed by atoms with E-state index >= 15 is 0 Å². The van der Waals surface area contributed by atoms with Crippen molar-refractivity contribution in [3.8, 4) is 0 Å². The van der Waals surface area contributed by atoms with Crippen LogP contribution in [0.3, 0.4) is 0 Å². The third-order valence-corrected chi connectivity index (χ3v) is 1.57. The largest absolute Gasteiger partial charge is 0.395 e. The van der Waals surface area contributed by atoms with Gasteiger partial charge in [0.2, 0.25) is 0 Å². The lowest BCUT2D eigenvalue weighted by Gasteiger charge is -2.14. The molecule has 0 aromatic carbocycles. The monoisotopic (exact) mass is 197 g/mol. The average Bonchev–Trinajstić information content (AvgIpc) is 2.10. The summed E-state index contributed by atoms with van der Waals surface area (Å²) in [6, 6.07) is -0.0531. The molecule has 0 aliphatic heterocycles. The first-order valence-electron chi connectivity index (χ1n) is 4.40. The van der Waals surface area contributed by atoms with E-state index in [9.17, 15) is 8.78 Å². The van der Waals surface area contributed by atoms with Crippen molar-refractivity contribution in [2.24, 2.45) is 0 Å². The van der Waals surface area contributed by atoms with Crippen LogP contribution < -0.4 is 5.32 Å². The zero-order chi connectivity index (χ0) is 10.1. The summed E-state index contributed by atoms with van der Waals surface area (Å²) in [6.45, 7) is 2.40. The molecule has 0 radical (unpaired) electrons. The Balaban J connectivity index is 3.27. The Bertz CT molecular complexity index is 114. The fourth-order valence-corrected chi connectivity index (χ4v) is 0.945. The predicted molar refractivity (Wildman–Crippen MR) is 46.0 cm³/mol. The number of halogens is 2. The first-order valence-corrected chi connectivity index (χ1v) is 4.40. The van der Waals surface area contributed by atoms with Crippen molar-refractivity contribution in [3.63, 3.8) is 0 Å². The highest BCUT2D eigenvalue weighted by Crippen LogP contribution is 1.96. The Morgan fingerprint density at radius 2 is 2.15 bits per heavy atom. The summed E-state index contributed by atoms with van der Waals surface area (Å²) < 4.78 is 27.9. The van der Waals surface area contributed by atoms with E-state index in [-0.39, 0.29) is 19.3 Å². The van der Waals surface area contributed by atoms with Crippen LogP contribution in [0.4, 0.5) is 8.78 Å². The number of aliphatic hydroxyl groups excluding tert-OH is 1. The quantitative estimate of drug-likeness (QED) is 0.561. The summed E-state index contributed by atoms with van der Waals surface area (Å²) in [7, 11) is 0. The number of rotatable bonds is 8. The minimum atomic E-state index is -2.41. The summed E-state index contributed by atoms with van der Waals surface area (Å²) in [5, 5.41) is 11.8. The highest BCUT2D eigenvalue weighted by Gasteiger charge is 2.06. The van der Waals surface area contributed by atoms with Crippen LogP contribution in [0, 0.1) is 0 Å². The van der Waals surface area contributed by atoms with Crippen LogP contribution in [0.5, 0.6) is 0 Å². The molecule has 5 heteroatoms. The van der Waals surface area contributed by atoms with Crippen LogP contribution in [-0.4, -0.2) is 43.9 Å². The zero-order valence-electron chi connectivity index (χ0n) is 7.80. The van der Waals surface area contributed by atoms with Crippen molar-refractivity contribution in [1.29, 1.82) is 0 Å². The summed E-state index contributed by atoms with van der Waals surface area (Å²) in [6.07, 6.45) is -1.86. The third-order valence-electron chi connectivity index (χ3n) is 1.57. The molecular weight excluding hydrogens is 180 g/mol. The molecule has 1 unspecified atom stereocenters. The fraction of sp³-hybridized carbons (Fsp3) is 1.00. The highest BCUT2D eigenvalue weighted by atomic mass is 19.3. The molecule has 0 heterocycles. The van der Waals surface area contributed by atoms with Gasteiger partial charge in [0.15, 0.2) is 0 Å². The number of hydrogen-bond donors (Lipinski definition) is 2. The molecule has 0 spiro atoms. The minimum Gasteiger partial charge on any atom is -0.395 e. The highest BCUT2D eigenvalue weighted by molar-refractivity contribution is 4.63. The van der Waals surface area contributed by atoms with Gasteiger partial charge in [-0.05, 0) is 13.0 Å². The number of hydrogen-bond acceptors (Lipinski definition) is 3. The Labute approximate surface area is 77.1 Å². The molecule has 0 amide bonds. The van der Waals surface area contributed by atoms with Crippen molar-refractivity contribution in [2.45, 2.75) is 25.8 Å². The normalized spacial score (nSPS) is 13.6. The van der Waals surface area contributed by atoms with Crippen LogP contribution >= 0.6 is 0 Å². The van der Waals surface area contributed by atoms with Crippen molar-refractivity contribution >= 4 is 0 Å². The zero-order valence-corrected chi connectivity index (χ0v) is 7.80.